The summed E-state index contributed by atoms with van der Waals surface area (Å²) in [6.45, 7) is 8.08. The number of rotatable bonds is 3. The van der Waals surface area contributed by atoms with Gasteiger partial charge in [0, 0.05) is 38.8 Å². The van der Waals surface area contributed by atoms with E-state index in [4.69, 9.17) is 4.74 Å². The predicted molar refractivity (Wildman–Crippen MR) is 70.5 cm³/mol. The van der Waals surface area contributed by atoms with Crippen molar-refractivity contribution >= 4 is 5.91 Å². The SMILES string of the molecule is CCOC1CCCN(C(=O)C2CNC(C)CN2)C1. The van der Waals surface area contributed by atoms with Gasteiger partial charge in [-0.3, -0.25) is 4.79 Å². The highest BCUT2D eigenvalue weighted by molar-refractivity contribution is 5.82. The third kappa shape index (κ3) is 3.43. The van der Waals surface area contributed by atoms with Crippen LogP contribution >= 0.6 is 0 Å². The number of nitrogens with zero attached hydrogens (tertiary/aromatic N) is 1. The zero-order valence-corrected chi connectivity index (χ0v) is 11.4. The van der Waals surface area contributed by atoms with Crippen LogP contribution in [-0.2, 0) is 9.53 Å². The Bertz CT molecular complexity index is 275. The molecular formula is C13H25N3O2. The van der Waals surface area contributed by atoms with E-state index in [1.807, 2.05) is 11.8 Å². The number of carbonyl (C=O) groups excluding carboxylic acids is 1. The van der Waals surface area contributed by atoms with E-state index in [0.717, 1.165) is 45.6 Å². The summed E-state index contributed by atoms with van der Waals surface area (Å²) in [6, 6.07) is 0.383. The molecule has 2 heterocycles. The van der Waals surface area contributed by atoms with Crippen LogP contribution in [-0.4, -0.2) is 61.8 Å². The maximum absolute atomic E-state index is 12.4. The molecule has 2 rings (SSSR count). The summed E-state index contributed by atoms with van der Waals surface area (Å²) in [6.07, 6.45) is 2.35. The van der Waals surface area contributed by atoms with Crippen LogP contribution in [0.4, 0.5) is 0 Å². The van der Waals surface area contributed by atoms with E-state index in [1.54, 1.807) is 0 Å². The topological polar surface area (TPSA) is 53.6 Å². The molecule has 0 aromatic heterocycles. The highest BCUT2D eigenvalue weighted by Gasteiger charge is 2.30. The van der Waals surface area contributed by atoms with Gasteiger partial charge >= 0.3 is 0 Å². The molecule has 1 amide bonds. The Balaban J connectivity index is 1.84. The molecule has 5 nitrogen and oxygen atoms in total. The lowest BCUT2D eigenvalue weighted by Gasteiger charge is -2.37. The van der Waals surface area contributed by atoms with Crippen LogP contribution in [0.15, 0.2) is 0 Å². The number of carbonyl (C=O) groups is 1. The first-order chi connectivity index (χ1) is 8.70. The quantitative estimate of drug-likeness (QED) is 0.743. The van der Waals surface area contributed by atoms with Crippen molar-refractivity contribution in [3.05, 3.63) is 0 Å². The minimum atomic E-state index is -0.0680. The fraction of sp³-hybridized carbons (Fsp3) is 0.923. The van der Waals surface area contributed by atoms with Crippen LogP contribution in [0.25, 0.3) is 0 Å². The Hall–Kier alpha value is -0.650. The number of hydrogen-bond acceptors (Lipinski definition) is 4. The van der Waals surface area contributed by atoms with E-state index < -0.39 is 0 Å². The zero-order chi connectivity index (χ0) is 13.0. The molecule has 18 heavy (non-hydrogen) atoms. The van der Waals surface area contributed by atoms with E-state index in [2.05, 4.69) is 17.6 Å². The number of likely N-dealkylation sites (tertiary alicyclic amines) is 1. The van der Waals surface area contributed by atoms with Gasteiger partial charge in [-0.1, -0.05) is 0 Å². The first-order valence-corrected chi connectivity index (χ1v) is 7.08. The number of piperazine rings is 1. The molecule has 0 aromatic rings. The Kier molecular flexibility index (Phi) is 4.97. The Morgan fingerprint density at radius 2 is 2.22 bits per heavy atom. The summed E-state index contributed by atoms with van der Waals surface area (Å²) in [7, 11) is 0. The molecule has 104 valence electrons. The summed E-state index contributed by atoms with van der Waals surface area (Å²) < 4.78 is 5.64. The van der Waals surface area contributed by atoms with Crippen LogP contribution in [0.2, 0.25) is 0 Å². The van der Waals surface area contributed by atoms with E-state index in [1.165, 1.54) is 0 Å². The van der Waals surface area contributed by atoms with E-state index in [9.17, 15) is 4.79 Å². The molecule has 0 aromatic carbocycles. The van der Waals surface area contributed by atoms with Gasteiger partial charge in [0.1, 0.15) is 0 Å². The van der Waals surface area contributed by atoms with Crippen molar-refractivity contribution in [1.82, 2.24) is 15.5 Å². The van der Waals surface area contributed by atoms with Gasteiger partial charge in [-0.2, -0.15) is 0 Å². The number of nitrogens with one attached hydrogen (secondary N) is 2. The Morgan fingerprint density at radius 3 is 2.89 bits per heavy atom. The molecule has 2 N–H and O–H groups in total. The molecule has 2 aliphatic rings. The molecule has 3 unspecified atom stereocenters. The fourth-order valence-electron chi connectivity index (χ4n) is 2.69. The molecule has 0 aliphatic carbocycles. The monoisotopic (exact) mass is 255 g/mol. The van der Waals surface area contributed by atoms with Crippen molar-refractivity contribution < 1.29 is 9.53 Å². The van der Waals surface area contributed by atoms with Crippen molar-refractivity contribution in [2.24, 2.45) is 0 Å². The maximum atomic E-state index is 12.4. The molecular weight excluding hydrogens is 230 g/mol. The van der Waals surface area contributed by atoms with Gasteiger partial charge in [0.05, 0.1) is 12.1 Å². The number of ether oxygens (including phenoxy) is 1. The molecule has 2 fully saturated rings. The Morgan fingerprint density at radius 1 is 1.39 bits per heavy atom. The molecule has 0 radical (unpaired) electrons. The zero-order valence-electron chi connectivity index (χ0n) is 11.4. The molecule has 0 saturated carbocycles. The minimum Gasteiger partial charge on any atom is -0.377 e. The summed E-state index contributed by atoms with van der Waals surface area (Å²) in [5.74, 6) is 0.221. The largest absolute Gasteiger partial charge is 0.377 e. The van der Waals surface area contributed by atoms with Crippen molar-refractivity contribution in [2.45, 2.75) is 44.9 Å². The maximum Gasteiger partial charge on any atom is 0.241 e. The van der Waals surface area contributed by atoms with Gasteiger partial charge in [-0.15, -0.1) is 0 Å². The second kappa shape index (κ2) is 6.50. The Labute approximate surface area is 109 Å². The van der Waals surface area contributed by atoms with Crippen LogP contribution in [0.3, 0.4) is 0 Å². The second-order valence-electron chi connectivity index (χ2n) is 5.27. The third-order valence-corrected chi connectivity index (χ3v) is 3.73. The lowest BCUT2D eigenvalue weighted by molar-refractivity contribution is -0.137. The molecule has 0 bridgehead atoms. The van der Waals surface area contributed by atoms with Gasteiger partial charge < -0.3 is 20.3 Å². The number of hydrogen-bond donors (Lipinski definition) is 2. The van der Waals surface area contributed by atoms with E-state index >= 15 is 0 Å². The van der Waals surface area contributed by atoms with Crippen LogP contribution in [0.5, 0.6) is 0 Å². The number of amides is 1. The first-order valence-electron chi connectivity index (χ1n) is 7.08. The predicted octanol–water partition coefficient (Wildman–Crippen LogP) is -0.0362. The molecule has 0 spiro atoms. The van der Waals surface area contributed by atoms with Gasteiger partial charge in [-0.25, -0.2) is 0 Å². The number of piperidine rings is 1. The van der Waals surface area contributed by atoms with E-state index in [0.29, 0.717) is 6.04 Å². The first kappa shape index (κ1) is 13.8. The van der Waals surface area contributed by atoms with Crippen molar-refractivity contribution in [3.8, 4) is 0 Å². The summed E-state index contributed by atoms with van der Waals surface area (Å²) in [5.41, 5.74) is 0. The minimum absolute atomic E-state index is 0.0680. The van der Waals surface area contributed by atoms with Gasteiger partial charge in [0.2, 0.25) is 5.91 Å². The van der Waals surface area contributed by atoms with Gasteiger partial charge in [0.15, 0.2) is 0 Å². The van der Waals surface area contributed by atoms with Crippen molar-refractivity contribution in [3.63, 3.8) is 0 Å². The molecule has 2 aliphatic heterocycles. The summed E-state index contributed by atoms with van der Waals surface area (Å²) in [5, 5.41) is 6.67. The average molecular weight is 255 g/mol. The molecule has 3 atom stereocenters. The van der Waals surface area contributed by atoms with Gasteiger partial charge in [-0.05, 0) is 26.7 Å². The van der Waals surface area contributed by atoms with Crippen LogP contribution in [0.1, 0.15) is 26.7 Å². The van der Waals surface area contributed by atoms with E-state index in [-0.39, 0.29) is 18.1 Å². The normalized spacial score (nSPS) is 33.4. The average Bonchev–Trinajstić information content (AvgIpc) is 2.39. The summed E-state index contributed by atoms with van der Waals surface area (Å²) in [4.78, 5) is 14.3. The van der Waals surface area contributed by atoms with Gasteiger partial charge in [0.25, 0.3) is 0 Å². The highest BCUT2D eigenvalue weighted by atomic mass is 16.5. The lowest BCUT2D eigenvalue weighted by atomic mass is 10.1. The van der Waals surface area contributed by atoms with Crippen LogP contribution < -0.4 is 10.6 Å². The second-order valence-corrected chi connectivity index (χ2v) is 5.27. The standard InChI is InChI=1S/C13H25N3O2/c1-3-18-11-5-4-6-16(9-11)13(17)12-8-14-10(2)7-15-12/h10-12,14-15H,3-9H2,1-2H3. The fourth-order valence-corrected chi connectivity index (χ4v) is 2.69. The third-order valence-electron chi connectivity index (χ3n) is 3.73. The van der Waals surface area contributed by atoms with Crippen LogP contribution in [0, 0.1) is 0 Å². The summed E-state index contributed by atoms with van der Waals surface area (Å²) >= 11 is 0. The smallest absolute Gasteiger partial charge is 0.241 e. The van der Waals surface area contributed by atoms with Crippen molar-refractivity contribution in [2.75, 3.05) is 32.8 Å². The molecule has 2 saturated heterocycles. The lowest BCUT2D eigenvalue weighted by Crippen LogP contribution is -2.60. The highest BCUT2D eigenvalue weighted by Crippen LogP contribution is 2.14. The van der Waals surface area contributed by atoms with Crippen molar-refractivity contribution in [1.29, 1.82) is 0 Å². The molecule has 5 heteroatoms.